The number of carbonyl (C=O) groups is 1. The van der Waals surface area contributed by atoms with Crippen molar-refractivity contribution in [2.75, 3.05) is 33.4 Å². The second-order valence-electron chi connectivity index (χ2n) is 7.10. The maximum absolute atomic E-state index is 13.0. The van der Waals surface area contributed by atoms with E-state index < -0.39 is 0 Å². The Hall–Kier alpha value is -1.79. The van der Waals surface area contributed by atoms with Crippen molar-refractivity contribution in [1.82, 2.24) is 4.90 Å². The number of aliphatic hydroxyl groups excluding tert-OH is 1. The molecule has 3 rings (SSSR count). The molecule has 1 aromatic rings. The second-order valence-corrected chi connectivity index (χ2v) is 7.10. The quantitative estimate of drug-likeness (QED) is 0.847. The van der Waals surface area contributed by atoms with Gasteiger partial charge in [-0.2, -0.15) is 0 Å². The van der Waals surface area contributed by atoms with Crippen molar-refractivity contribution in [1.29, 1.82) is 0 Å². The summed E-state index contributed by atoms with van der Waals surface area (Å²) in [5.41, 5.74) is 5.94. The largest absolute Gasteiger partial charge is 0.493 e. The van der Waals surface area contributed by atoms with E-state index in [1.807, 2.05) is 4.90 Å². The molecule has 0 bridgehead atoms. The van der Waals surface area contributed by atoms with Crippen LogP contribution in [-0.4, -0.2) is 55.4 Å². The molecule has 1 amide bonds. The molecule has 2 aliphatic rings. The third-order valence-electron chi connectivity index (χ3n) is 5.54. The zero-order valence-corrected chi connectivity index (χ0v) is 14.9. The summed E-state index contributed by atoms with van der Waals surface area (Å²) < 4.78 is 10.9. The van der Waals surface area contributed by atoms with Gasteiger partial charge in [-0.3, -0.25) is 4.79 Å². The lowest BCUT2D eigenvalue weighted by Gasteiger charge is -2.42. The summed E-state index contributed by atoms with van der Waals surface area (Å²) in [6.45, 7) is 2.19. The van der Waals surface area contributed by atoms with Crippen molar-refractivity contribution in [3.63, 3.8) is 0 Å². The van der Waals surface area contributed by atoms with Crippen LogP contribution in [0.2, 0.25) is 0 Å². The summed E-state index contributed by atoms with van der Waals surface area (Å²) in [4.78, 5) is 14.9. The van der Waals surface area contributed by atoms with Crippen LogP contribution in [0, 0.1) is 5.41 Å². The van der Waals surface area contributed by atoms with E-state index >= 15 is 0 Å². The van der Waals surface area contributed by atoms with Crippen LogP contribution in [0.3, 0.4) is 0 Å². The monoisotopic (exact) mass is 348 g/mol. The van der Waals surface area contributed by atoms with Gasteiger partial charge in [0.15, 0.2) is 11.5 Å². The number of aliphatic hydroxyl groups is 1. The lowest BCUT2D eigenvalue weighted by Crippen LogP contribution is -2.49. The van der Waals surface area contributed by atoms with Gasteiger partial charge in [0.2, 0.25) is 0 Å². The van der Waals surface area contributed by atoms with Gasteiger partial charge in [0.05, 0.1) is 13.2 Å². The van der Waals surface area contributed by atoms with E-state index in [9.17, 15) is 9.90 Å². The molecule has 1 heterocycles. The van der Waals surface area contributed by atoms with Gasteiger partial charge in [-0.1, -0.05) is 6.42 Å². The highest BCUT2D eigenvalue weighted by Crippen LogP contribution is 2.45. The molecule has 6 heteroatoms. The van der Waals surface area contributed by atoms with E-state index in [4.69, 9.17) is 15.2 Å². The number of hydrogen-bond donors (Lipinski definition) is 2. The lowest BCUT2D eigenvalue weighted by atomic mass is 9.76. The Morgan fingerprint density at radius 1 is 1.36 bits per heavy atom. The van der Waals surface area contributed by atoms with Crippen LogP contribution in [0.25, 0.3) is 0 Å². The molecule has 6 nitrogen and oxygen atoms in total. The minimum absolute atomic E-state index is 0.0122. The highest BCUT2D eigenvalue weighted by Gasteiger charge is 2.45. The number of carbonyl (C=O) groups excluding carboxylic acids is 1. The zero-order chi connectivity index (χ0) is 17.9. The number of benzene rings is 1. The van der Waals surface area contributed by atoms with E-state index in [2.05, 4.69) is 0 Å². The van der Waals surface area contributed by atoms with Crippen molar-refractivity contribution in [2.24, 2.45) is 11.1 Å². The number of nitrogens with two attached hydrogens (primary N) is 1. The van der Waals surface area contributed by atoms with Crippen molar-refractivity contribution in [2.45, 2.75) is 38.2 Å². The number of hydrogen-bond acceptors (Lipinski definition) is 5. The van der Waals surface area contributed by atoms with Gasteiger partial charge in [0, 0.05) is 30.6 Å². The average molecular weight is 348 g/mol. The predicted octanol–water partition coefficient (Wildman–Crippen LogP) is 1.80. The Kier molecular flexibility index (Phi) is 5.49. The van der Waals surface area contributed by atoms with Gasteiger partial charge in [-0.15, -0.1) is 0 Å². The Labute approximate surface area is 148 Å². The Morgan fingerprint density at radius 2 is 2.16 bits per heavy atom. The first-order valence-electron chi connectivity index (χ1n) is 9.08. The first kappa shape index (κ1) is 18.0. The SMILES string of the molecule is COc1cc(C(=O)N2CCC[C@@]3(CCC[C@H]3O)C2)ccc1OCCN. The number of amides is 1. The summed E-state index contributed by atoms with van der Waals surface area (Å²) in [5, 5.41) is 10.4. The predicted molar refractivity (Wildman–Crippen MR) is 95.0 cm³/mol. The number of methoxy groups -OCH3 is 1. The van der Waals surface area contributed by atoms with Gasteiger partial charge in [0.25, 0.3) is 5.91 Å². The fourth-order valence-electron chi connectivity index (χ4n) is 4.20. The highest BCUT2D eigenvalue weighted by atomic mass is 16.5. The molecule has 0 unspecified atom stereocenters. The number of ether oxygens (including phenoxy) is 2. The zero-order valence-electron chi connectivity index (χ0n) is 14.9. The summed E-state index contributed by atoms with van der Waals surface area (Å²) in [5.74, 6) is 1.11. The van der Waals surface area contributed by atoms with Crippen LogP contribution in [0.4, 0.5) is 0 Å². The Morgan fingerprint density at radius 3 is 2.84 bits per heavy atom. The molecule has 1 spiro atoms. The normalized spacial score (nSPS) is 26.0. The molecule has 0 aromatic heterocycles. The summed E-state index contributed by atoms with van der Waals surface area (Å²) >= 11 is 0. The van der Waals surface area contributed by atoms with E-state index in [1.165, 1.54) is 0 Å². The molecule has 1 aliphatic heterocycles. The molecule has 138 valence electrons. The van der Waals surface area contributed by atoms with Crippen LogP contribution >= 0.6 is 0 Å². The fourth-order valence-corrected chi connectivity index (χ4v) is 4.20. The number of likely N-dealkylation sites (tertiary alicyclic amines) is 1. The molecular weight excluding hydrogens is 320 g/mol. The smallest absolute Gasteiger partial charge is 0.254 e. The first-order chi connectivity index (χ1) is 12.1. The molecule has 1 aliphatic carbocycles. The van der Waals surface area contributed by atoms with Gasteiger partial charge in [-0.05, 0) is 43.9 Å². The molecule has 2 atom stereocenters. The molecule has 0 radical (unpaired) electrons. The molecule has 1 aromatic carbocycles. The first-order valence-corrected chi connectivity index (χ1v) is 9.08. The van der Waals surface area contributed by atoms with Crippen LogP contribution in [0.5, 0.6) is 11.5 Å². The summed E-state index contributed by atoms with van der Waals surface area (Å²) in [6, 6.07) is 5.25. The van der Waals surface area contributed by atoms with Crippen molar-refractivity contribution in [3.8, 4) is 11.5 Å². The van der Waals surface area contributed by atoms with Crippen molar-refractivity contribution >= 4 is 5.91 Å². The Bertz CT molecular complexity index is 621. The van der Waals surface area contributed by atoms with Gasteiger partial charge in [-0.25, -0.2) is 0 Å². The lowest BCUT2D eigenvalue weighted by molar-refractivity contribution is -0.00537. The minimum atomic E-state index is -0.287. The maximum atomic E-state index is 13.0. The van der Waals surface area contributed by atoms with Crippen molar-refractivity contribution < 1.29 is 19.4 Å². The third kappa shape index (κ3) is 3.60. The summed E-state index contributed by atoms with van der Waals surface area (Å²) in [6.07, 6.45) is 4.56. The standard InChI is InChI=1S/C19H28N2O4/c1-24-16-12-14(5-6-15(16)25-11-9-20)18(23)21-10-3-8-19(13-21)7-2-4-17(19)22/h5-6,12,17,22H,2-4,7-11,13,20H2,1H3/t17-,19+/m1/s1. The fraction of sp³-hybridized carbons (Fsp3) is 0.632. The van der Waals surface area contributed by atoms with Crippen LogP contribution in [-0.2, 0) is 0 Å². The average Bonchev–Trinajstić information content (AvgIpc) is 2.98. The van der Waals surface area contributed by atoms with Crippen LogP contribution < -0.4 is 15.2 Å². The van der Waals surface area contributed by atoms with E-state index in [0.717, 1.165) is 38.6 Å². The summed E-state index contributed by atoms with van der Waals surface area (Å²) in [7, 11) is 1.56. The molecule has 1 saturated heterocycles. The van der Waals surface area contributed by atoms with Crippen LogP contribution in [0.1, 0.15) is 42.5 Å². The molecular formula is C19H28N2O4. The minimum Gasteiger partial charge on any atom is -0.493 e. The van der Waals surface area contributed by atoms with Gasteiger partial charge >= 0.3 is 0 Å². The Balaban J connectivity index is 1.76. The number of rotatable bonds is 5. The van der Waals surface area contributed by atoms with Crippen LogP contribution in [0.15, 0.2) is 18.2 Å². The second kappa shape index (κ2) is 7.62. The topological polar surface area (TPSA) is 85.0 Å². The van der Waals surface area contributed by atoms with Gasteiger partial charge in [0.1, 0.15) is 6.61 Å². The highest BCUT2D eigenvalue weighted by molar-refractivity contribution is 5.95. The van der Waals surface area contributed by atoms with E-state index in [1.54, 1.807) is 25.3 Å². The van der Waals surface area contributed by atoms with E-state index in [0.29, 0.717) is 36.8 Å². The third-order valence-corrected chi connectivity index (χ3v) is 5.54. The molecule has 2 fully saturated rings. The van der Waals surface area contributed by atoms with Gasteiger partial charge < -0.3 is 25.2 Å². The van der Waals surface area contributed by atoms with Crippen molar-refractivity contribution in [3.05, 3.63) is 23.8 Å². The van der Waals surface area contributed by atoms with E-state index in [-0.39, 0.29) is 17.4 Å². The molecule has 1 saturated carbocycles. The maximum Gasteiger partial charge on any atom is 0.254 e. The molecule has 25 heavy (non-hydrogen) atoms. The molecule has 3 N–H and O–H groups in total. The number of nitrogens with zero attached hydrogens (tertiary/aromatic N) is 1. The number of piperidine rings is 1.